The van der Waals surface area contributed by atoms with Gasteiger partial charge in [-0.05, 0) is 50.2 Å². The normalized spacial score (nSPS) is 31.1. The van der Waals surface area contributed by atoms with E-state index in [1.54, 1.807) is 18.2 Å². The number of hydrogen-bond acceptors (Lipinski definition) is 15. The number of alkyl halides is 1. The van der Waals surface area contributed by atoms with E-state index in [1.807, 2.05) is 5.01 Å². The molecule has 6 unspecified atom stereocenters. The number of nitrogens with zero attached hydrogens (tertiary/aromatic N) is 3. The SMILES string of the molecule is CCC(CC)C1CC(N[C@H]2CC[C@H](NCCOCCOCCN3CC(CNc4cccc5c4C(=O)N(C4CCC(=O)NC4=O)C5=O)NN3)C2)N2NCC(Cl)C2N1. The molecule has 0 bridgehead atoms. The molecule has 5 aliphatic heterocycles. The molecule has 5 fully saturated rings. The van der Waals surface area contributed by atoms with Crippen molar-refractivity contribution >= 4 is 40.9 Å². The van der Waals surface area contributed by atoms with Crippen molar-refractivity contribution in [3.63, 3.8) is 0 Å². The molecule has 1 aromatic carbocycles. The number of imide groups is 2. The van der Waals surface area contributed by atoms with Gasteiger partial charge in [0, 0.05) is 63.0 Å². The summed E-state index contributed by atoms with van der Waals surface area (Å²) in [5.41, 5.74) is 11.0. The zero-order valence-corrected chi connectivity index (χ0v) is 33.4. The molecule has 1 aliphatic carbocycles. The first-order valence-electron chi connectivity index (χ1n) is 20.6. The first kappa shape index (κ1) is 41.4. The van der Waals surface area contributed by atoms with Gasteiger partial charge in [0.25, 0.3) is 11.8 Å². The molecule has 4 saturated heterocycles. The third kappa shape index (κ3) is 9.55. The Hall–Kier alpha value is -2.81. The Bertz CT molecular complexity index is 1560. The van der Waals surface area contributed by atoms with Crippen LogP contribution in [0.3, 0.4) is 0 Å². The first-order valence-corrected chi connectivity index (χ1v) is 21.1. The highest BCUT2D eigenvalue weighted by Crippen LogP contribution is 2.33. The smallest absolute Gasteiger partial charge is 0.264 e. The van der Waals surface area contributed by atoms with E-state index >= 15 is 0 Å². The second-order valence-electron chi connectivity index (χ2n) is 15.8. The van der Waals surface area contributed by atoms with Crippen molar-refractivity contribution in [3.8, 4) is 0 Å². The summed E-state index contributed by atoms with van der Waals surface area (Å²) in [6, 6.07) is 5.53. The third-order valence-corrected chi connectivity index (χ3v) is 12.6. The second-order valence-corrected chi connectivity index (χ2v) is 16.4. The molecule has 7 rings (SSSR count). The van der Waals surface area contributed by atoms with E-state index in [9.17, 15) is 19.2 Å². The van der Waals surface area contributed by atoms with Crippen LogP contribution in [0.5, 0.6) is 0 Å². The fourth-order valence-corrected chi connectivity index (χ4v) is 9.43. The van der Waals surface area contributed by atoms with Crippen molar-refractivity contribution in [2.45, 2.75) is 113 Å². The fourth-order valence-electron chi connectivity index (χ4n) is 9.16. The van der Waals surface area contributed by atoms with Crippen LogP contribution in [-0.4, -0.2) is 146 Å². The van der Waals surface area contributed by atoms with Crippen molar-refractivity contribution in [1.82, 2.24) is 52.6 Å². The molecule has 310 valence electrons. The summed E-state index contributed by atoms with van der Waals surface area (Å²) >= 11 is 6.70. The number of ether oxygens (including phenoxy) is 2. The Kier molecular flexibility index (Phi) is 14.2. The molecule has 5 heterocycles. The topological polar surface area (TPSA) is 193 Å². The molecular weight excluding hydrogens is 742 g/mol. The van der Waals surface area contributed by atoms with E-state index in [0.29, 0.717) is 75.8 Å². The predicted octanol–water partition coefficient (Wildman–Crippen LogP) is 0.205. The maximum Gasteiger partial charge on any atom is 0.264 e. The van der Waals surface area contributed by atoms with Crippen LogP contribution in [0.15, 0.2) is 18.2 Å². The first-order chi connectivity index (χ1) is 27.2. The van der Waals surface area contributed by atoms with E-state index < -0.39 is 29.7 Å². The van der Waals surface area contributed by atoms with Crippen LogP contribution in [-0.2, 0) is 19.1 Å². The maximum absolute atomic E-state index is 13.4. The standard InChI is InChI=1S/C38H60ClN11O6/c1-3-23(4-2)30-19-32(50-35(44-30)28(39)21-42-50)43-25-9-8-24(18-25)40-12-14-55-16-17-56-15-13-48-22-26(46-47-48)20-41-29-7-5-6-27-34(29)38(54)49(37(27)53)31-10-11-33(51)45-36(31)52/h5-7,23-26,28,30-32,35,40-44,46-47H,3-4,8-22H2,1-2H3,(H,45,51,52)/t24-,25-,26?,28?,30?,31?,32?,35?/m0/s1. The average molecular weight is 802 g/mol. The Morgan fingerprint density at radius 1 is 0.964 bits per heavy atom. The van der Waals surface area contributed by atoms with Gasteiger partial charge in [-0.15, -0.1) is 11.6 Å². The number of piperidine rings is 1. The van der Waals surface area contributed by atoms with E-state index in [0.717, 1.165) is 37.3 Å². The van der Waals surface area contributed by atoms with Gasteiger partial charge in [0.2, 0.25) is 11.8 Å². The largest absolute Gasteiger partial charge is 0.383 e. The number of halogens is 1. The number of carbonyl (C=O) groups is 4. The van der Waals surface area contributed by atoms with E-state index in [4.69, 9.17) is 21.1 Å². The van der Waals surface area contributed by atoms with Crippen molar-refractivity contribution in [2.75, 3.05) is 64.5 Å². The van der Waals surface area contributed by atoms with Gasteiger partial charge < -0.3 is 20.1 Å². The fraction of sp³-hybridized carbons (Fsp3) is 0.737. The maximum atomic E-state index is 13.4. The van der Waals surface area contributed by atoms with Gasteiger partial charge in [-0.2, -0.15) is 5.53 Å². The molecule has 17 nitrogen and oxygen atoms in total. The molecule has 18 heteroatoms. The number of hydrogen-bond donors (Lipinski definition) is 8. The Morgan fingerprint density at radius 3 is 2.57 bits per heavy atom. The highest BCUT2D eigenvalue weighted by molar-refractivity contribution is 6.25. The number of benzene rings is 1. The minimum Gasteiger partial charge on any atom is -0.383 e. The molecule has 6 aliphatic rings. The molecular formula is C38H60ClN11O6. The zero-order chi connectivity index (χ0) is 39.2. The van der Waals surface area contributed by atoms with Crippen molar-refractivity contribution in [3.05, 3.63) is 29.3 Å². The third-order valence-electron chi connectivity index (χ3n) is 12.2. The summed E-state index contributed by atoms with van der Waals surface area (Å²) in [6.07, 6.45) is 7.52. The Morgan fingerprint density at radius 2 is 1.77 bits per heavy atom. The zero-order valence-electron chi connectivity index (χ0n) is 32.6. The quantitative estimate of drug-likeness (QED) is 0.0538. The number of rotatable bonds is 19. The molecule has 56 heavy (non-hydrogen) atoms. The lowest BCUT2D eigenvalue weighted by Crippen LogP contribution is -2.67. The average Bonchev–Trinajstić information content (AvgIpc) is 3.98. The van der Waals surface area contributed by atoms with E-state index in [1.165, 1.54) is 19.3 Å². The molecule has 1 aromatic rings. The molecule has 8 atom stereocenters. The summed E-state index contributed by atoms with van der Waals surface area (Å²) in [4.78, 5) is 51.5. The lowest BCUT2D eigenvalue weighted by atomic mass is 9.88. The predicted molar refractivity (Wildman–Crippen MR) is 210 cm³/mol. The van der Waals surface area contributed by atoms with Gasteiger partial charge in [0.05, 0.1) is 61.3 Å². The van der Waals surface area contributed by atoms with Crippen molar-refractivity contribution < 1.29 is 28.7 Å². The Labute approximate surface area is 334 Å². The summed E-state index contributed by atoms with van der Waals surface area (Å²) < 4.78 is 11.7. The highest BCUT2D eigenvalue weighted by Gasteiger charge is 2.47. The van der Waals surface area contributed by atoms with Gasteiger partial charge in [-0.1, -0.05) is 32.8 Å². The number of nitrogens with one attached hydrogen (secondary N) is 8. The molecule has 4 amide bonds. The molecule has 0 spiro atoms. The minimum atomic E-state index is -0.999. The van der Waals surface area contributed by atoms with Crippen LogP contribution in [0, 0.1) is 5.92 Å². The summed E-state index contributed by atoms with van der Waals surface area (Å²) in [7, 11) is 0. The van der Waals surface area contributed by atoms with Crippen LogP contribution in [0.4, 0.5) is 5.69 Å². The lowest BCUT2D eigenvalue weighted by molar-refractivity contribution is -0.136. The molecule has 1 saturated carbocycles. The van der Waals surface area contributed by atoms with Crippen LogP contribution < -0.4 is 43.0 Å². The van der Waals surface area contributed by atoms with Gasteiger partial charge >= 0.3 is 0 Å². The molecule has 8 N–H and O–H groups in total. The summed E-state index contributed by atoms with van der Waals surface area (Å²) in [6.45, 7) is 10.3. The van der Waals surface area contributed by atoms with E-state index in [-0.39, 0.29) is 47.7 Å². The summed E-state index contributed by atoms with van der Waals surface area (Å²) in [5.74, 6) is -1.42. The van der Waals surface area contributed by atoms with Gasteiger partial charge in [-0.3, -0.25) is 45.5 Å². The number of fused-ring (bicyclic) bond motifs is 2. The second kappa shape index (κ2) is 19.3. The highest BCUT2D eigenvalue weighted by atomic mass is 35.5. The van der Waals surface area contributed by atoms with Crippen LogP contribution in [0.25, 0.3) is 0 Å². The van der Waals surface area contributed by atoms with Crippen LogP contribution in [0.1, 0.15) is 85.9 Å². The van der Waals surface area contributed by atoms with Crippen molar-refractivity contribution in [1.29, 1.82) is 0 Å². The van der Waals surface area contributed by atoms with Crippen LogP contribution >= 0.6 is 11.6 Å². The number of hydrazine groups is 3. The minimum absolute atomic E-state index is 0.0235. The van der Waals surface area contributed by atoms with Crippen molar-refractivity contribution in [2.24, 2.45) is 5.92 Å². The van der Waals surface area contributed by atoms with Gasteiger partial charge in [0.1, 0.15) is 6.04 Å². The monoisotopic (exact) mass is 801 g/mol. The Balaban J connectivity index is 0.732. The number of carbonyl (C=O) groups excluding carboxylic acids is 4. The van der Waals surface area contributed by atoms with Gasteiger partial charge in [-0.25, -0.2) is 15.4 Å². The molecule has 0 aromatic heterocycles. The number of amides is 4. The summed E-state index contributed by atoms with van der Waals surface area (Å²) in [5, 5.41) is 21.5. The molecule has 0 radical (unpaired) electrons. The van der Waals surface area contributed by atoms with Crippen LogP contribution in [0.2, 0.25) is 0 Å². The number of anilines is 1. The van der Waals surface area contributed by atoms with Gasteiger partial charge in [0.15, 0.2) is 0 Å². The van der Waals surface area contributed by atoms with E-state index in [2.05, 4.69) is 61.8 Å². The lowest BCUT2D eigenvalue weighted by Gasteiger charge is -2.46.